The van der Waals surface area contributed by atoms with Crippen LogP contribution in [0.15, 0.2) is 24.3 Å². The first-order valence-electron chi connectivity index (χ1n) is 6.47. The van der Waals surface area contributed by atoms with Crippen molar-refractivity contribution in [1.29, 1.82) is 0 Å². The molecule has 0 saturated heterocycles. The minimum Gasteiger partial charge on any atom is -0.335 e. The Kier molecular flexibility index (Phi) is 4.48. The molecule has 3 nitrogen and oxygen atoms in total. The number of nitrogens with one attached hydrogen (secondary N) is 2. The van der Waals surface area contributed by atoms with Crippen molar-refractivity contribution in [3.63, 3.8) is 0 Å². The van der Waals surface area contributed by atoms with E-state index in [0.29, 0.717) is 11.1 Å². The molecule has 0 spiro atoms. The average Bonchev–Trinajstić information content (AvgIpc) is 2.82. The van der Waals surface area contributed by atoms with E-state index in [9.17, 15) is 4.79 Å². The summed E-state index contributed by atoms with van der Waals surface area (Å²) in [4.78, 5) is 11.8. The second kappa shape index (κ2) is 6.10. The molecule has 2 N–H and O–H groups in total. The molecule has 0 bridgehead atoms. The molecule has 1 aliphatic carbocycles. The standard InChI is InChI=1S/C14H19ClN2O/c1-10(11-6-8-12(15)9-7-11)16-14(18)17-13-4-2-3-5-13/h6-10,13H,2-5H2,1H3,(H2,16,17,18). The van der Waals surface area contributed by atoms with Crippen molar-refractivity contribution in [2.75, 3.05) is 0 Å². The van der Waals surface area contributed by atoms with E-state index in [2.05, 4.69) is 10.6 Å². The van der Waals surface area contributed by atoms with E-state index in [4.69, 9.17) is 11.6 Å². The number of hydrogen-bond acceptors (Lipinski definition) is 1. The molecule has 1 aliphatic rings. The fourth-order valence-corrected chi connectivity index (χ4v) is 2.45. The summed E-state index contributed by atoms with van der Waals surface area (Å²) >= 11 is 5.84. The van der Waals surface area contributed by atoms with Crippen LogP contribution >= 0.6 is 11.6 Å². The second-order valence-electron chi connectivity index (χ2n) is 4.87. The van der Waals surface area contributed by atoms with Crippen LogP contribution in [0.1, 0.15) is 44.2 Å². The van der Waals surface area contributed by atoms with Gasteiger partial charge in [-0.05, 0) is 37.5 Å². The number of urea groups is 1. The number of benzene rings is 1. The Balaban J connectivity index is 1.84. The van der Waals surface area contributed by atoms with E-state index in [1.54, 1.807) is 0 Å². The highest BCUT2D eigenvalue weighted by molar-refractivity contribution is 6.30. The summed E-state index contributed by atoms with van der Waals surface area (Å²) in [6, 6.07) is 7.80. The van der Waals surface area contributed by atoms with E-state index in [-0.39, 0.29) is 12.1 Å². The Hall–Kier alpha value is -1.22. The molecule has 1 aromatic rings. The molecule has 2 rings (SSSR count). The molecule has 18 heavy (non-hydrogen) atoms. The van der Waals surface area contributed by atoms with Gasteiger partial charge in [0.25, 0.3) is 0 Å². The number of hydrogen-bond donors (Lipinski definition) is 2. The first-order chi connectivity index (χ1) is 8.65. The summed E-state index contributed by atoms with van der Waals surface area (Å²) in [6.45, 7) is 1.97. The lowest BCUT2D eigenvalue weighted by molar-refractivity contribution is 0.234. The van der Waals surface area contributed by atoms with Crippen LogP contribution in [0.3, 0.4) is 0 Å². The first-order valence-corrected chi connectivity index (χ1v) is 6.85. The normalized spacial score (nSPS) is 17.4. The van der Waals surface area contributed by atoms with E-state index >= 15 is 0 Å². The van der Waals surface area contributed by atoms with Gasteiger partial charge in [0.15, 0.2) is 0 Å². The lowest BCUT2D eigenvalue weighted by Gasteiger charge is -2.17. The van der Waals surface area contributed by atoms with E-state index < -0.39 is 0 Å². The molecule has 0 heterocycles. The van der Waals surface area contributed by atoms with Crippen LogP contribution in [-0.2, 0) is 0 Å². The third kappa shape index (κ3) is 3.64. The molecule has 1 atom stereocenters. The van der Waals surface area contributed by atoms with Crippen LogP contribution in [0.2, 0.25) is 5.02 Å². The number of halogens is 1. The number of carbonyl (C=O) groups excluding carboxylic acids is 1. The average molecular weight is 267 g/mol. The predicted molar refractivity (Wildman–Crippen MR) is 73.8 cm³/mol. The molecule has 4 heteroatoms. The molecular weight excluding hydrogens is 248 g/mol. The van der Waals surface area contributed by atoms with E-state index in [1.807, 2.05) is 31.2 Å². The van der Waals surface area contributed by atoms with Gasteiger partial charge < -0.3 is 10.6 Å². The number of amides is 2. The van der Waals surface area contributed by atoms with Crippen LogP contribution in [0, 0.1) is 0 Å². The third-order valence-corrected chi connectivity index (χ3v) is 3.66. The molecule has 1 fully saturated rings. The van der Waals surface area contributed by atoms with Crippen molar-refractivity contribution in [2.24, 2.45) is 0 Å². The summed E-state index contributed by atoms with van der Waals surface area (Å²) in [7, 11) is 0. The van der Waals surface area contributed by atoms with Crippen molar-refractivity contribution in [1.82, 2.24) is 10.6 Å². The maximum Gasteiger partial charge on any atom is 0.315 e. The molecule has 1 aromatic carbocycles. The Morgan fingerprint density at radius 1 is 1.28 bits per heavy atom. The third-order valence-electron chi connectivity index (χ3n) is 3.41. The fourth-order valence-electron chi connectivity index (χ4n) is 2.33. The monoisotopic (exact) mass is 266 g/mol. The zero-order chi connectivity index (χ0) is 13.0. The minimum atomic E-state index is -0.0793. The summed E-state index contributed by atoms with van der Waals surface area (Å²) in [5, 5.41) is 6.67. The maximum absolute atomic E-state index is 11.8. The van der Waals surface area contributed by atoms with Gasteiger partial charge in [-0.1, -0.05) is 36.6 Å². The van der Waals surface area contributed by atoms with Crippen molar-refractivity contribution in [3.05, 3.63) is 34.9 Å². The molecule has 98 valence electrons. The van der Waals surface area contributed by atoms with Crippen LogP contribution in [0.4, 0.5) is 4.79 Å². The van der Waals surface area contributed by atoms with Gasteiger partial charge in [0.05, 0.1) is 6.04 Å². The van der Waals surface area contributed by atoms with Crippen molar-refractivity contribution in [2.45, 2.75) is 44.7 Å². The summed E-state index contributed by atoms with van der Waals surface area (Å²) in [5.74, 6) is 0. The van der Waals surface area contributed by atoms with Gasteiger partial charge in [-0.2, -0.15) is 0 Å². The molecule has 0 radical (unpaired) electrons. The first kappa shape index (κ1) is 13.2. The van der Waals surface area contributed by atoms with E-state index in [0.717, 1.165) is 18.4 Å². The molecule has 1 saturated carbocycles. The Labute approximate surface area is 113 Å². The lowest BCUT2D eigenvalue weighted by Crippen LogP contribution is -2.41. The van der Waals surface area contributed by atoms with Gasteiger partial charge in [0.2, 0.25) is 0 Å². The summed E-state index contributed by atoms with van der Waals surface area (Å²) < 4.78 is 0. The van der Waals surface area contributed by atoms with Crippen molar-refractivity contribution in [3.8, 4) is 0 Å². The molecule has 2 amide bonds. The van der Waals surface area contributed by atoms with Crippen molar-refractivity contribution < 1.29 is 4.79 Å². The quantitative estimate of drug-likeness (QED) is 0.862. The Morgan fingerprint density at radius 3 is 2.50 bits per heavy atom. The molecule has 0 aromatic heterocycles. The van der Waals surface area contributed by atoms with Crippen LogP contribution < -0.4 is 10.6 Å². The van der Waals surface area contributed by atoms with Crippen molar-refractivity contribution >= 4 is 17.6 Å². The fraction of sp³-hybridized carbons (Fsp3) is 0.500. The van der Waals surface area contributed by atoms with Crippen LogP contribution in [-0.4, -0.2) is 12.1 Å². The van der Waals surface area contributed by atoms with Gasteiger partial charge in [-0.3, -0.25) is 0 Å². The van der Waals surface area contributed by atoms with Gasteiger partial charge in [0, 0.05) is 11.1 Å². The largest absolute Gasteiger partial charge is 0.335 e. The van der Waals surface area contributed by atoms with Gasteiger partial charge in [-0.15, -0.1) is 0 Å². The highest BCUT2D eigenvalue weighted by Gasteiger charge is 2.18. The van der Waals surface area contributed by atoms with Gasteiger partial charge >= 0.3 is 6.03 Å². The minimum absolute atomic E-state index is 0.0105. The SMILES string of the molecule is CC(NC(=O)NC1CCCC1)c1ccc(Cl)cc1. The smallest absolute Gasteiger partial charge is 0.315 e. The predicted octanol–water partition coefficient (Wildman–Crippen LogP) is 3.64. The highest BCUT2D eigenvalue weighted by atomic mass is 35.5. The van der Waals surface area contributed by atoms with Crippen LogP contribution in [0.25, 0.3) is 0 Å². The van der Waals surface area contributed by atoms with Gasteiger partial charge in [0.1, 0.15) is 0 Å². The van der Waals surface area contributed by atoms with Gasteiger partial charge in [-0.25, -0.2) is 4.79 Å². The summed E-state index contributed by atoms with van der Waals surface area (Å²) in [5.41, 5.74) is 1.06. The Morgan fingerprint density at radius 2 is 1.89 bits per heavy atom. The van der Waals surface area contributed by atoms with E-state index in [1.165, 1.54) is 12.8 Å². The number of carbonyl (C=O) groups is 1. The number of rotatable bonds is 3. The Bertz CT molecular complexity index is 399. The zero-order valence-electron chi connectivity index (χ0n) is 10.6. The topological polar surface area (TPSA) is 41.1 Å². The maximum atomic E-state index is 11.8. The molecule has 0 aliphatic heterocycles. The second-order valence-corrected chi connectivity index (χ2v) is 5.31. The summed E-state index contributed by atoms with van der Waals surface area (Å²) in [6.07, 6.45) is 4.64. The zero-order valence-corrected chi connectivity index (χ0v) is 11.3. The van der Waals surface area contributed by atoms with Crippen LogP contribution in [0.5, 0.6) is 0 Å². The lowest BCUT2D eigenvalue weighted by atomic mass is 10.1. The highest BCUT2D eigenvalue weighted by Crippen LogP contribution is 2.18. The molecular formula is C14H19ClN2O. The molecule has 1 unspecified atom stereocenters.